The van der Waals surface area contributed by atoms with Crippen LogP contribution in [-0.2, 0) is 0 Å². The summed E-state index contributed by atoms with van der Waals surface area (Å²) in [5.74, 6) is 1.80. The molecule has 4 saturated carbocycles. The van der Waals surface area contributed by atoms with E-state index in [4.69, 9.17) is 0 Å². The van der Waals surface area contributed by atoms with Gasteiger partial charge in [0, 0.05) is 12.1 Å². The van der Waals surface area contributed by atoms with Gasteiger partial charge in [0.05, 0.1) is 5.56 Å². The number of nitrogens with zero attached hydrogens (tertiary/aromatic N) is 1. The summed E-state index contributed by atoms with van der Waals surface area (Å²) in [7, 11) is 4.16. The molecule has 0 unspecified atom stereocenters. The lowest BCUT2D eigenvalue weighted by Gasteiger charge is -2.72. The van der Waals surface area contributed by atoms with Crippen molar-refractivity contribution in [3.63, 3.8) is 0 Å². The number of carbonyl (C=O) groups is 2. The van der Waals surface area contributed by atoms with E-state index in [1.54, 1.807) is 12.1 Å². The Kier molecular flexibility index (Phi) is 9.04. The third-order valence-electron chi connectivity index (χ3n) is 15.5. The zero-order valence-electron chi connectivity index (χ0n) is 31.2. The quantitative estimate of drug-likeness (QED) is 0.193. The highest BCUT2D eigenvalue weighted by Crippen LogP contribution is 2.76. The number of hydrogen-bond acceptors (Lipinski definition) is 3. The summed E-state index contributed by atoms with van der Waals surface area (Å²) < 4.78 is 0. The smallest absolute Gasteiger partial charge is 0.335 e. The van der Waals surface area contributed by atoms with Crippen molar-refractivity contribution in [1.29, 1.82) is 0 Å². The summed E-state index contributed by atoms with van der Waals surface area (Å²) in [6.07, 6.45) is 13.9. The van der Waals surface area contributed by atoms with Crippen LogP contribution in [0, 0.1) is 51.2 Å². The number of fused-ring (bicyclic) bond motifs is 7. The number of nitrogens with one attached hydrogen (secondary N) is 2. The first-order valence-corrected chi connectivity index (χ1v) is 18.9. The van der Waals surface area contributed by atoms with E-state index in [2.05, 4.69) is 83.8 Å². The Balaban J connectivity index is 1.28. The zero-order chi connectivity index (χ0) is 34.9. The van der Waals surface area contributed by atoms with Crippen molar-refractivity contribution in [1.82, 2.24) is 15.5 Å². The number of aromatic carboxylic acids is 1. The minimum Gasteiger partial charge on any atom is -0.478 e. The summed E-state index contributed by atoms with van der Waals surface area (Å²) in [5.41, 5.74) is 4.69. The number of benzene rings is 1. The summed E-state index contributed by atoms with van der Waals surface area (Å²) >= 11 is 0. The van der Waals surface area contributed by atoms with E-state index in [1.807, 2.05) is 12.1 Å². The summed E-state index contributed by atoms with van der Waals surface area (Å²) in [5, 5.41) is 16.3. The fourth-order valence-corrected chi connectivity index (χ4v) is 13.1. The van der Waals surface area contributed by atoms with Gasteiger partial charge in [0.1, 0.15) is 0 Å². The van der Waals surface area contributed by atoms with Crippen LogP contribution < -0.4 is 10.6 Å². The molecule has 6 rings (SSSR count). The molecule has 0 saturated heterocycles. The molecule has 0 radical (unpaired) electrons. The Hall–Kier alpha value is -2.60. The highest BCUT2D eigenvalue weighted by Gasteiger charge is 2.70. The molecule has 1 aromatic carbocycles. The molecule has 0 spiro atoms. The van der Waals surface area contributed by atoms with Crippen molar-refractivity contribution < 1.29 is 14.7 Å². The second-order valence-corrected chi connectivity index (χ2v) is 18.3. The lowest BCUT2D eigenvalue weighted by molar-refractivity contribution is -0.218. The molecule has 5 aliphatic rings. The van der Waals surface area contributed by atoms with Crippen molar-refractivity contribution in [2.75, 3.05) is 27.2 Å². The van der Waals surface area contributed by atoms with Gasteiger partial charge in [-0.2, -0.15) is 0 Å². The summed E-state index contributed by atoms with van der Waals surface area (Å²) in [4.78, 5) is 27.2. The molecule has 6 nitrogen and oxygen atoms in total. The summed E-state index contributed by atoms with van der Waals surface area (Å²) in [6.45, 7) is 21.3. The Morgan fingerprint density at radius 2 is 1.62 bits per heavy atom. The first kappa shape index (κ1) is 35.2. The Bertz CT molecular complexity index is 1460. The molecular formula is C42H63N3O3. The number of rotatable bonds is 8. The number of hydrogen-bond donors (Lipinski definition) is 3. The molecule has 5 aliphatic carbocycles. The number of amides is 2. The summed E-state index contributed by atoms with van der Waals surface area (Å²) in [6, 6.07) is 7.57. The number of carboxylic acid groups (broad SMARTS) is 1. The first-order valence-electron chi connectivity index (χ1n) is 18.9. The third-order valence-corrected chi connectivity index (χ3v) is 15.5. The minimum atomic E-state index is -0.872. The molecule has 1 aromatic rings. The van der Waals surface area contributed by atoms with Crippen LogP contribution in [0.3, 0.4) is 0 Å². The fraction of sp³-hybridized carbons (Fsp3) is 0.714. The lowest BCUT2D eigenvalue weighted by atomic mass is 9.33. The molecule has 4 fully saturated rings. The van der Waals surface area contributed by atoms with Gasteiger partial charge in [0.15, 0.2) is 0 Å². The highest BCUT2D eigenvalue weighted by molar-refractivity contribution is 5.88. The molecule has 48 heavy (non-hydrogen) atoms. The molecule has 2 amide bonds. The van der Waals surface area contributed by atoms with Gasteiger partial charge < -0.3 is 20.6 Å². The topological polar surface area (TPSA) is 81.7 Å². The van der Waals surface area contributed by atoms with E-state index < -0.39 is 5.97 Å². The largest absolute Gasteiger partial charge is 0.478 e. The van der Waals surface area contributed by atoms with Crippen LogP contribution in [0.1, 0.15) is 122 Å². The van der Waals surface area contributed by atoms with Crippen LogP contribution in [0.4, 0.5) is 4.79 Å². The Labute approximate surface area is 290 Å². The average molecular weight is 658 g/mol. The molecule has 0 heterocycles. The second-order valence-electron chi connectivity index (χ2n) is 18.3. The molecule has 6 heteroatoms. The van der Waals surface area contributed by atoms with Crippen molar-refractivity contribution in [2.45, 2.75) is 111 Å². The Morgan fingerprint density at radius 1 is 0.917 bits per heavy atom. The maximum atomic E-state index is 13.4. The van der Waals surface area contributed by atoms with Gasteiger partial charge in [0.25, 0.3) is 0 Å². The van der Waals surface area contributed by atoms with Crippen LogP contribution in [0.2, 0.25) is 0 Å². The van der Waals surface area contributed by atoms with Crippen LogP contribution in [0.15, 0.2) is 42.5 Å². The molecule has 9 atom stereocenters. The maximum Gasteiger partial charge on any atom is 0.335 e. The standard InChI is InChI=1S/C42H63N3O3/c1-27(2)30-17-22-42(44-37(48)43-25-10-26-45(8)9)24-23-40(6)32(35(30)42)15-16-34-39(5)20-18-31(28-11-13-29(14-12-28)36(46)47)38(3,4)33(39)19-21-41(34,40)7/h11-14,18,30,32-35H,1,10,15-17,19-26H2,2-9H3,(H,46,47)(H2,43,44,48)/t30-,32+,33-,34+,35+,39-,40+,41+,42-/m0/s1. The normalized spacial score (nSPS) is 39.7. The maximum absolute atomic E-state index is 13.4. The van der Waals surface area contributed by atoms with Crippen LogP contribution >= 0.6 is 0 Å². The van der Waals surface area contributed by atoms with Crippen LogP contribution in [-0.4, -0.2) is 54.7 Å². The van der Waals surface area contributed by atoms with E-state index in [0.717, 1.165) is 38.6 Å². The van der Waals surface area contributed by atoms with Gasteiger partial charge in [-0.1, -0.05) is 65.0 Å². The molecule has 264 valence electrons. The first-order chi connectivity index (χ1) is 22.5. The SMILES string of the molecule is C=C(C)[C@@H]1CC[C@]2(NC(=O)NCCCN(C)C)CC[C@]3(C)[C@H](CC[C@@H]4[C@@]5(C)CC=C(c6ccc(C(=O)O)cc6)C(C)(C)[C@@H]5CC[C@]43C)[C@@H]12. The van der Waals surface area contributed by atoms with E-state index in [-0.39, 0.29) is 33.2 Å². The predicted octanol–water partition coefficient (Wildman–Crippen LogP) is 9.04. The predicted molar refractivity (Wildman–Crippen MR) is 196 cm³/mol. The average Bonchev–Trinajstić information content (AvgIpc) is 3.39. The van der Waals surface area contributed by atoms with E-state index in [1.165, 1.54) is 48.8 Å². The van der Waals surface area contributed by atoms with E-state index in [0.29, 0.717) is 41.7 Å². The molecular weight excluding hydrogens is 594 g/mol. The molecule has 0 bridgehead atoms. The number of urea groups is 1. The van der Waals surface area contributed by atoms with Gasteiger partial charge in [0.2, 0.25) is 0 Å². The van der Waals surface area contributed by atoms with Gasteiger partial charge in [-0.05, 0) is 166 Å². The van der Waals surface area contributed by atoms with Crippen molar-refractivity contribution in [3.8, 4) is 0 Å². The van der Waals surface area contributed by atoms with Crippen LogP contribution in [0.5, 0.6) is 0 Å². The Morgan fingerprint density at radius 3 is 2.27 bits per heavy atom. The fourth-order valence-electron chi connectivity index (χ4n) is 13.1. The second kappa shape index (κ2) is 12.3. The van der Waals surface area contributed by atoms with E-state index in [9.17, 15) is 14.7 Å². The molecule has 3 N–H and O–H groups in total. The van der Waals surface area contributed by atoms with Gasteiger partial charge in [-0.15, -0.1) is 0 Å². The molecule has 0 aliphatic heterocycles. The number of allylic oxidation sites excluding steroid dienone is 3. The zero-order valence-corrected chi connectivity index (χ0v) is 31.2. The number of carbonyl (C=O) groups excluding carboxylic acids is 1. The third kappa shape index (κ3) is 5.38. The van der Waals surface area contributed by atoms with E-state index >= 15 is 0 Å². The monoisotopic (exact) mass is 657 g/mol. The van der Waals surface area contributed by atoms with Crippen molar-refractivity contribution in [2.24, 2.45) is 51.2 Å². The number of carboxylic acids is 1. The van der Waals surface area contributed by atoms with Gasteiger partial charge in [-0.25, -0.2) is 9.59 Å². The highest BCUT2D eigenvalue weighted by atomic mass is 16.4. The van der Waals surface area contributed by atoms with Crippen molar-refractivity contribution in [3.05, 3.63) is 53.6 Å². The lowest BCUT2D eigenvalue weighted by Crippen LogP contribution is -2.68. The molecule has 0 aromatic heterocycles. The van der Waals surface area contributed by atoms with Crippen molar-refractivity contribution >= 4 is 17.6 Å². The van der Waals surface area contributed by atoms with Gasteiger partial charge in [-0.3, -0.25) is 0 Å². The van der Waals surface area contributed by atoms with Gasteiger partial charge >= 0.3 is 12.0 Å². The minimum absolute atomic E-state index is 0.00112. The van der Waals surface area contributed by atoms with Crippen LogP contribution in [0.25, 0.3) is 5.57 Å².